The molecule has 220 valence electrons. The minimum Gasteiger partial charge on any atom is -0.278 e. The van der Waals surface area contributed by atoms with E-state index >= 15 is 0 Å². The van der Waals surface area contributed by atoms with Crippen LogP contribution in [0.2, 0.25) is 0 Å². The monoisotopic (exact) mass is 600 g/mol. The number of nitrogens with zero attached hydrogens (tertiary/aromatic N) is 4. The summed E-state index contributed by atoms with van der Waals surface area (Å²) in [5, 5.41) is 4.70. The molecule has 0 N–H and O–H groups in total. The molecule has 7 aromatic carbocycles. The van der Waals surface area contributed by atoms with Crippen molar-refractivity contribution in [1.29, 1.82) is 0 Å². The lowest BCUT2D eigenvalue weighted by Crippen LogP contribution is -2.06. The Morgan fingerprint density at radius 3 is 1.43 bits per heavy atom. The van der Waals surface area contributed by atoms with E-state index in [-0.39, 0.29) is 0 Å². The Morgan fingerprint density at radius 1 is 0.319 bits per heavy atom. The molecule has 0 saturated carbocycles. The molecular weight excluding hydrogens is 573 g/mol. The van der Waals surface area contributed by atoms with Gasteiger partial charge in [-0.1, -0.05) is 140 Å². The maximum atomic E-state index is 5.21. The molecule has 0 spiro atoms. The third-order valence-electron chi connectivity index (χ3n) is 8.82. The van der Waals surface area contributed by atoms with Gasteiger partial charge in [0.2, 0.25) is 5.95 Å². The second kappa shape index (κ2) is 11.2. The zero-order valence-electron chi connectivity index (χ0n) is 25.5. The summed E-state index contributed by atoms with van der Waals surface area (Å²) in [5.41, 5.74) is 8.49. The summed E-state index contributed by atoms with van der Waals surface area (Å²) in [6.07, 6.45) is 0. The van der Waals surface area contributed by atoms with Crippen molar-refractivity contribution in [2.75, 3.05) is 0 Å². The standard InChI is InChI=1S/C43H28N4/c1-3-13-29(14-4-1)31-19-11-21-35(25-31)41-44-42(36-22-12-20-32(26-36)30-15-5-2-6-16-30)46-43(45-41)47-39-24-10-9-23-37(39)38-27-33-17-7-8-18-34(33)28-40(38)47/h1-28H. The minimum atomic E-state index is 0.585. The molecule has 2 aromatic heterocycles. The van der Waals surface area contributed by atoms with Gasteiger partial charge in [0.1, 0.15) is 0 Å². The molecule has 0 fully saturated rings. The fourth-order valence-electron chi connectivity index (χ4n) is 6.53. The molecule has 0 saturated heterocycles. The summed E-state index contributed by atoms with van der Waals surface area (Å²) in [6.45, 7) is 0. The molecule has 9 rings (SSSR count). The second-order valence-electron chi connectivity index (χ2n) is 11.7. The summed E-state index contributed by atoms with van der Waals surface area (Å²) >= 11 is 0. The van der Waals surface area contributed by atoms with Gasteiger partial charge < -0.3 is 0 Å². The van der Waals surface area contributed by atoms with Crippen molar-refractivity contribution in [3.63, 3.8) is 0 Å². The molecule has 4 nitrogen and oxygen atoms in total. The Morgan fingerprint density at radius 2 is 0.809 bits per heavy atom. The van der Waals surface area contributed by atoms with Crippen LogP contribution in [-0.2, 0) is 0 Å². The Hall–Kier alpha value is -6.39. The van der Waals surface area contributed by atoms with Crippen LogP contribution in [0.3, 0.4) is 0 Å². The van der Waals surface area contributed by atoms with Crippen LogP contribution in [0.4, 0.5) is 0 Å². The van der Waals surface area contributed by atoms with Gasteiger partial charge in [0, 0.05) is 21.9 Å². The molecule has 9 aromatic rings. The number of aromatic nitrogens is 4. The van der Waals surface area contributed by atoms with E-state index in [9.17, 15) is 0 Å². The van der Waals surface area contributed by atoms with Crippen molar-refractivity contribution in [1.82, 2.24) is 19.5 Å². The maximum absolute atomic E-state index is 5.21. The highest BCUT2D eigenvalue weighted by Gasteiger charge is 2.19. The van der Waals surface area contributed by atoms with Crippen LogP contribution in [-0.4, -0.2) is 19.5 Å². The first-order valence-electron chi connectivity index (χ1n) is 15.8. The lowest BCUT2D eigenvalue weighted by atomic mass is 10.0. The van der Waals surface area contributed by atoms with Gasteiger partial charge in [0.15, 0.2) is 11.6 Å². The van der Waals surface area contributed by atoms with Crippen LogP contribution in [0.25, 0.3) is 83.6 Å². The highest BCUT2D eigenvalue weighted by molar-refractivity contribution is 6.13. The SMILES string of the molecule is c1ccc(-c2cccc(-c3nc(-c4cccc(-c5ccccc5)c4)nc(-n4c5ccccc5c5cc6ccccc6cc54)n3)c2)cc1. The summed E-state index contributed by atoms with van der Waals surface area (Å²) in [6, 6.07) is 59.2. The van der Waals surface area contributed by atoms with Gasteiger partial charge in [0.05, 0.1) is 11.0 Å². The van der Waals surface area contributed by atoms with Crippen molar-refractivity contribution in [3.8, 4) is 51.0 Å². The van der Waals surface area contributed by atoms with Crippen molar-refractivity contribution >= 4 is 32.6 Å². The van der Waals surface area contributed by atoms with E-state index in [2.05, 4.69) is 162 Å². The molecule has 4 heteroatoms. The van der Waals surface area contributed by atoms with Gasteiger partial charge in [-0.05, 0) is 63.4 Å². The van der Waals surface area contributed by atoms with Crippen LogP contribution >= 0.6 is 0 Å². The smallest absolute Gasteiger partial charge is 0.238 e. The first kappa shape index (κ1) is 27.0. The summed E-state index contributed by atoms with van der Waals surface area (Å²) in [5.74, 6) is 1.83. The average molecular weight is 601 g/mol. The van der Waals surface area contributed by atoms with Gasteiger partial charge in [-0.2, -0.15) is 9.97 Å². The molecule has 0 radical (unpaired) electrons. The number of benzene rings is 7. The van der Waals surface area contributed by atoms with Crippen LogP contribution in [0.15, 0.2) is 170 Å². The zero-order valence-corrected chi connectivity index (χ0v) is 25.5. The van der Waals surface area contributed by atoms with E-state index in [0.717, 1.165) is 49.8 Å². The predicted molar refractivity (Wildman–Crippen MR) is 193 cm³/mol. The number of hydrogen-bond acceptors (Lipinski definition) is 3. The molecule has 0 amide bonds. The average Bonchev–Trinajstić information content (AvgIpc) is 3.47. The molecular formula is C43H28N4. The molecule has 0 aliphatic heterocycles. The second-order valence-corrected chi connectivity index (χ2v) is 11.7. The molecule has 0 bridgehead atoms. The van der Waals surface area contributed by atoms with Crippen LogP contribution in [0.5, 0.6) is 0 Å². The van der Waals surface area contributed by atoms with E-state index < -0.39 is 0 Å². The van der Waals surface area contributed by atoms with Crippen molar-refractivity contribution in [3.05, 3.63) is 170 Å². The third-order valence-corrected chi connectivity index (χ3v) is 8.82. The number of hydrogen-bond donors (Lipinski definition) is 0. The lowest BCUT2D eigenvalue weighted by molar-refractivity contribution is 0.954. The zero-order chi connectivity index (χ0) is 31.2. The van der Waals surface area contributed by atoms with Gasteiger partial charge in [-0.3, -0.25) is 4.57 Å². The van der Waals surface area contributed by atoms with Gasteiger partial charge >= 0.3 is 0 Å². The number of para-hydroxylation sites is 1. The fraction of sp³-hybridized carbons (Fsp3) is 0. The van der Waals surface area contributed by atoms with Crippen LogP contribution in [0, 0.1) is 0 Å². The topological polar surface area (TPSA) is 43.6 Å². The third kappa shape index (κ3) is 4.84. The van der Waals surface area contributed by atoms with Crippen LogP contribution < -0.4 is 0 Å². The molecule has 0 aliphatic rings. The number of rotatable bonds is 5. The maximum Gasteiger partial charge on any atom is 0.238 e. The molecule has 2 heterocycles. The Bertz CT molecular complexity index is 2470. The Balaban J connectivity index is 1.31. The quantitative estimate of drug-likeness (QED) is 0.197. The Kier molecular flexibility index (Phi) is 6.43. The van der Waals surface area contributed by atoms with E-state index in [0.29, 0.717) is 17.6 Å². The molecule has 47 heavy (non-hydrogen) atoms. The van der Waals surface area contributed by atoms with Crippen molar-refractivity contribution < 1.29 is 0 Å². The van der Waals surface area contributed by atoms with Crippen LogP contribution in [0.1, 0.15) is 0 Å². The predicted octanol–water partition coefficient (Wildman–Crippen LogP) is 10.8. The first-order valence-corrected chi connectivity index (χ1v) is 15.8. The summed E-state index contributed by atoms with van der Waals surface area (Å²) in [4.78, 5) is 15.5. The molecule has 0 atom stereocenters. The van der Waals surface area contributed by atoms with Crippen molar-refractivity contribution in [2.24, 2.45) is 0 Å². The number of fused-ring (bicyclic) bond motifs is 4. The normalized spacial score (nSPS) is 11.4. The fourth-order valence-corrected chi connectivity index (χ4v) is 6.53. The van der Waals surface area contributed by atoms with Gasteiger partial charge in [-0.15, -0.1) is 0 Å². The van der Waals surface area contributed by atoms with E-state index in [1.165, 1.54) is 16.2 Å². The van der Waals surface area contributed by atoms with E-state index in [4.69, 9.17) is 15.0 Å². The molecule has 0 unspecified atom stereocenters. The van der Waals surface area contributed by atoms with E-state index in [1.807, 2.05) is 12.1 Å². The summed E-state index contributed by atoms with van der Waals surface area (Å²) in [7, 11) is 0. The highest BCUT2D eigenvalue weighted by Crippen LogP contribution is 2.35. The highest BCUT2D eigenvalue weighted by atomic mass is 15.2. The summed E-state index contributed by atoms with van der Waals surface area (Å²) < 4.78 is 2.19. The molecule has 0 aliphatic carbocycles. The van der Waals surface area contributed by atoms with E-state index in [1.54, 1.807) is 0 Å². The first-order chi connectivity index (χ1) is 23.3. The van der Waals surface area contributed by atoms with Gasteiger partial charge in [-0.25, -0.2) is 4.98 Å². The van der Waals surface area contributed by atoms with Crippen molar-refractivity contribution in [2.45, 2.75) is 0 Å². The Labute approximate surface area is 272 Å². The largest absolute Gasteiger partial charge is 0.278 e. The lowest BCUT2D eigenvalue weighted by Gasteiger charge is -2.12. The minimum absolute atomic E-state index is 0.585. The van der Waals surface area contributed by atoms with Gasteiger partial charge in [0.25, 0.3) is 0 Å².